The highest BCUT2D eigenvalue weighted by molar-refractivity contribution is 5.85. The van der Waals surface area contributed by atoms with Crippen molar-refractivity contribution >= 4 is 18.3 Å². The van der Waals surface area contributed by atoms with Crippen LogP contribution in [-0.2, 0) is 4.79 Å². The van der Waals surface area contributed by atoms with E-state index in [0.717, 1.165) is 32.5 Å². The Balaban J connectivity index is 0.00000256. The van der Waals surface area contributed by atoms with Crippen LogP contribution in [0.4, 0.5) is 0 Å². The quantitative estimate of drug-likeness (QED) is 0.748. The number of likely N-dealkylation sites (N-methyl/N-ethyl adjacent to an activating group) is 1. The van der Waals surface area contributed by atoms with Gasteiger partial charge in [0.1, 0.15) is 0 Å². The van der Waals surface area contributed by atoms with Gasteiger partial charge in [0, 0.05) is 19.0 Å². The van der Waals surface area contributed by atoms with Crippen LogP contribution in [0, 0.1) is 5.92 Å². The Labute approximate surface area is 112 Å². The minimum absolute atomic E-state index is 0. The summed E-state index contributed by atoms with van der Waals surface area (Å²) in [6.45, 7) is 4.70. The summed E-state index contributed by atoms with van der Waals surface area (Å²) in [6.07, 6.45) is 8.60. The Kier molecular flexibility index (Phi) is 10.7. The molecule has 0 unspecified atom stereocenters. The molecule has 1 amide bonds. The van der Waals surface area contributed by atoms with Gasteiger partial charge in [0.25, 0.3) is 0 Å². The van der Waals surface area contributed by atoms with Gasteiger partial charge in [0.05, 0.1) is 0 Å². The fraction of sp³-hybridized carbons (Fsp3) is 0.923. The molecular weight excluding hydrogens is 236 g/mol. The van der Waals surface area contributed by atoms with Crippen molar-refractivity contribution < 1.29 is 4.79 Å². The number of carbonyl (C=O) groups is 1. The van der Waals surface area contributed by atoms with E-state index in [1.165, 1.54) is 32.1 Å². The van der Waals surface area contributed by atoms with E-state index in [-0.39, 0.29) is 24.2 Å². The zero-order valence-electron chi connectivity index (χ0n) is 11.0. The summed E-state index contributed by atoms with van der Waals surface area (Å²) in [6, 6.07) is 0. The van der Waals surface area contributed by atoms with Crippen molar-refractivity contribution in [2.24, 2.45) is 5.92 Å². The summed E-state index contributed by atoms with van der Waals surface area (Å²) in [5.41, 5.74) is 0. The van der Waals surface area contributed by atoms with Gasteiger partial charge in [-0.15, -0.1) is 12.4 Å². The van der Waals surface area contributed by atoms with E-state index >= 15 is 0 Å². The molecule has 1 saturated carbocycles. The molecule has 0 radical (unpaired) electrons. The third kappa shape index (κ3) is 7.61. The lowest BCUT2D eigenvalue weighted by molar-refractivity contribution is -0.125. The molecule has 0 spiro atoms. The first kappa shape index (κ1) is 16.7. The van der Waals surface area contributed by atoms with Crippen LogP contribution in [0.25, 0.3) is 0 Å². The number of hydrogen-bond donors (Lipinski definition) is 2. The SMILES string of the molecule is CCNCCNC(=O)C1CCCCCCC1.Cl. The van der Waals surface area contributed by atoms with Crippen LogP contribution in [0.3, 0.4) is 0 Å². The maximum Gasteiger partial charge on any atom is 0.223 e. The predicted octanol–water partition coefficient (Wildman–Crippen LogP) is 2.49. The smallest absolute Gasteiger partial charge is 0.223 e. The van der Waals surface area contributed by atoms with E-state index in [0.29, 0.717) is 0 Å². The molecule has 3 nitrogen and oxygen atoms in total. The topological polar surface area (TPSA) is 41.1 Å². The molecule has 102 valence electrons. The van der Waals surface area contributed by atoms with Crippen molar-refractivity contribution in [3.8, 4) is 0 Å². The lowest BCUT2D eigenvalue weighted by atomic mass is 9.90. The zero-order chi connectivity index (χ0) is 11.6. The Morgan fingerprint density at radius 2 is 1.65 bits per heavy atom. The van der Waals surface area contributed by atoms with Gasteiger partial charge in [0.2, 0.25) is 5.91 Å². The molecule has 0 atom stereocenters. The maximum absolute atomic E-state index is 11.9. The number of hydrogen-bond acceptors (Lipinski definition) is 2. The molecule has 0 saturated heterocycles. The molecule has 0 aromatic rings. The standard InChI is InChI=1S/C13H26N2O.ClH/c1-2-14-10-11-15-13(16)12-8-6-4-3-5-7-9-12;/h12,14H,2-11H2,1H3,(H,15,16);1H. The van der Waals surface area contributed by atoms with Crippen LogP contribution >= 0.6 is 12.4 Å². The largest absolute Gasteiger partial charge is 0.355 e. The summed E-state index contributed by atoms with van der Waals surface area (Å²) < 4.78 is 0. The molecule has 2 N–H and O–H groups in total. The average molecular weight is 263 g/mol. The number of rotatable bonds is 5. The van der Waals surface area contributed by atoms with Crippen LogP contribution in [0.5, 0.6) is 0 Å². The van der Waals surface area contributed by atoms with Crippen LogP contribution in [0.15, 0.2) is 0 Å². The second-order valence-corrected chi connectivity index (χ2v) is 4.69. The first-order chi connectivity index (χ1) is 7.84. The first-order valence-corrected chi connectivity index (χ1v) is 6.83. The van der Waals surface area contributed by atoms with Gasteiger partial charge in [-0.25, -0.2) is 0 Å². The molecule has 0 aromatic carbocycles. The van der Waals surface area contributed by atoms with Crippen molar-refractivity contribution in [1.29, 1.82) is 0 Å². The van der Waals surface area contributed by atoms with Gasteiger partial charge in [0.15, 0.2) is 0 Å². The first-order valence-electron chi connectivity index (χ1n) is 6.83. The van der Waals surface area contributed by atoms with Gasteiger partial charge in [-0.1, -0.05) is 39.0 Å². The summed E-state index contributed by atoms with van der Waals surface area (Å²) in [5, 5.41) is 6.25. The summed E-state index contributed by atoms with van der Waals surface area (Å²) in [7, 11) is 0. The van der Waals surface area contributed by atoms with Crippen LogP contribution in [0.2, 0.25) is 0 Å². The normalized spacial score (nSPS) is 17.7. The third-order valence-electron chi connectivity index (χ3n) is 3.33. The van der Waals surface area contributed by atoms with Crippen molar-refractivity contribution in [2.75, 3.05) is 19.6 Å². The van der Waals surface area contributed by atoms with Crippen LogP contribution < -0.4 is 10.6 Å². The second-order valence-electron chi connectivity index (χ2n) is 4.69. The Hall–Kier alpha value is -0.280. The lowest BCUT2D eigenvalue weighted by Gasteiger charge is -2.19. The molecule has 1 fully saturated rings. The Morgan fingerprint density at radius 1 is 1.06 bits per heavy atom. The lowest BCUT2D eigenvalue weighted by Crippen LogP contribution is -2.36. The highest BCUT2D eigenvalue weighted by Crippen LogP contribution is 2.22. The zero-order valence-corrected chi connectivity index (χ0v) is 11.8. The monoisotopic (exact) mass is 262 g/mol. The van der Waals surface area contributed by atoms with Crippen LogP contribution in [-0.4, -0.2) is 25.5 Å². The number of nitrogens with one attached hydrogen (secondary N) is 2. The Bertz CT molecular complexity index is 192. The van der Waals surface area contributed by atoms with E-state index < -0.39 is 0 Å². The van der Waals surface area contributed by atoms with Crippen molar-refractivity contribution in [3.05, 3.63) is 0 Å². The van der Waals surface area contributed by atoms with E-state index in [9.17, 15) is 4.79 Å². The molecule has 4 heteroatoms. The predicted molar refractivity (Wildman–Crippen MR) is 74.6 cm³/mol. The summed E-state index contributed by atoms with van der Waals surface area (Å²) >= 11 is 0. The van der Waals surface area contributed by atoms with Gasteiger partial charge in [-0.3, -0.25) is 4.79 Å². The highest BCUT2D eigenvalue weighted by Gasteiger charge is 2.18. The van der Waals surface area contributed by atoms with Gasteiger partial charge >= 0.3 is 0 Å². The van der Waals surface area contributed by atoms with Crippen molar-refractivity contribution in [3.63, 3.8) is 0 Å². The van der Waals surface area contributed by atoms with E-state index in [1.54, 1.807) is 0 Å². The highest BCUT2D eigenvalue weighted by atomic mass is 35.5. The molecule has 0 aromatic heterocycles. The minimum atomic E-state index is 0. The fourth-order valence-electron chi connectivity index (χ4n) is 2.31. The molecule has 0 aliphatic heterocycles. The molecular formula is C13H27ClN2O. The summed E-state index contributed by atoms with van der Waals surface area (Å²) in [4.78, 5) is 11.9. The third-order valence-corrected chi connectivity index (χ3v) is 3.33. The molecule has 0 heterocycles. The number of amides is 1. The number of halogens is 1. The Morgan fingerprint density at radius 3 is 2.24 bits per heavy atom. The van der Waals surface area contributed by atoms with E-state index in [2.05, 4.69) is 17.6 Å². The van der Waals surface area contributed by atoms with Crippen LogP contribution in [0.1, 0.15) is 51.9 Å². The van der Waals surface area contributed by atoms with Crippen molar-refractivity contribution in [1.82, 2.24) is 10.6 Å². The number of carbonyl (C=O) groups excluding carboxylic acids is 1. The molecule has 1 aliphatic rings. The molecule has 17 heavy (non-hydrogen) atoms. The molecule has 1 rings (SSSR count). The van der Waals surface area contributed by atoms with Gasteiger partial charge in [-0.2, -0.15) is 0 Å². The summed E-state index contributed by atoms with van der Waals surface area (Å²) in [5.74, 6) is 0.557. The van der Waals surface area contributed by atoms with E-state index in [1.807, 2.05) is 0 Å². The minimum Gasteiger partial charge on any atom is -0.355 e. The van der Waals surface area contributed by atoms with Gasteiger partial charge < -0.3 is 10.6 Å². The second kappa shape index (κ2) is 10.8. The molecule has 0 bridgehead atoms. The fourth-order valence-corrected chi connectivity index (χ4v) is 2.31. The maximum atomic E-state index is 11.9. The molecule has 1 aliphatic carbocycles. The van der Waals surface area contributed by atoms with Gasteiger partial charge in [-0.05, 0) is 19.4 Å². The average Bonchev–Trinajstić information content (AvgIpc) is 2.23. The van der Waals surface area contributed by atoms with E-state index in [4.69, 9.17) is 0 Å². The van der Waals surface area contributed by atoms with Crippen molar-refractivity contribution in [2.45, 2.75) is 51.9 Å².